The molecular weight excluding hydrogens is 224 g/mol. The van der Waals surface area contributed by atoms with Crippen LogP contribution in [0.2, 0.25) is 0 Å². The number of nitrogens with two attached hydrogens (primary N) is 1. The van der Waals surface area contributed by atoms with Crippen LogP contribution in [0.25, 0.3) is 0 Å². The summed E-state index contributed by atoms with van der Waals surface area (Å²) in [5.74, 6) is 0.989. The van der Waals surface area contributed by atoms with Crippen LogP contribution in [-0.2, 0) is 4.79 Å². The molecule has 1 aliphatic carbocycles. The Morgan fingerprint density at radius 3 is 2.44 bits per heavy atom. The predicted molar refractivity (Wildman–Crippen MR) is 74.1 cm³/mol. The van der Waals surface area contributed by atoms with Crippen molar-refractivity contribution in [3.8, 4) is 0 Å². The van der Waals surface area contributed by atoms with Gasteiger partial charge in [0.05, 0.1) is 0 Å². The summed E-state index contributed by atoms with van der Waals surface area (Å²) in [5, 5.41) is 0. The zero-order chi connectivity index (χ0) is 13.4. The number of carbonyl (C=O) groups excluding carboxylic acids is 1. The van der Waals surface area contributed by atoms with Crippen molar-refractivity contribution >= 4 is 5.91 Å². The third-order valence-electron chi connectivity index (χ3n) is 5.14. The maximum absolute atomic E-state index is 12.4. The molecule has 0 aromatic rings. The highest BCUT2D eigenvalue weighted by Crippen LogP contribution is 2.44. The number of amides is 1. The summed E-state index contributed by atoms with van der Waals surface area (Å²) in [7, 11) is 0. The average Bonchev–Trinajstić information content (AvgIpc) is 2.71. The minimum absolute atomic E-state index is 0.150. The van der Waals surface area contributed by atoms with E-state index in [-0.39, 0.29) is 5.41 Å². The Bertz CT molecular complexity index is 309. The Hall–Kier alpha value is -0.570. The standard InChI is InChI=1S/C15H28N2O/c1-14(2,3)12-5-8-17(10-12)13(18)9-15(11-16)6-4-7-15/h12H,4-11,16H2,1-3H3. The molecule has 1 saturated heterocycles. The lowest BCUT2D eigenvalue weighted by Gasteiger charge is -2.41. The van der Waals surface area contributed by atoms with Gasteiger partial charge in [0.2, 0.25) is 5.91 Å². The third kappa shape index (κ3) is 2.71. The minimum atomic E-state index is 0.150. The summed E-state index contributed by atoms with van der Waals surface area (Å²) < 4.78 is 0. The van der Waals surface area contributed by atoms with E-state index < -0.39 is 0 Å². The number of rotatable bonds is 3. The van der Waals surface area contributed by atoms with Crippen LogP contribution in [0.1, 0.15) is 52.9 Å². The van der Waals surface area contributed by atoms with Gasteiger partial charge in [0.15, 0.2) is 0 Å². The van der Waals surface area contributed by atoms with Crippen molar-refractivity contribution < 1.29 is 4.79 Å². The van der Waals surface area contributed by atoms with Crippen molar-refractivity contribution in [1.82, 2.24) is 4.90 Å². The van der Waals surface area contributed by atoms with Gasteiger partial charge in [-0.15, -0.1) is 0 Å². The molecule has 2 N–H and O–H groups in total. The van der Waals surface area contributed by atoms with Gasteiger partial charge in [-0.3, -0.25) is 4.79 Å². The van der Waals surface area contributed by atoms with Crippen molar-refractivity contribution in [2.75, 3.05) is 19.6 Å². The van der Waals surface area contributed by atoms with E-state index in [1.54, 1.807) is 0 Å². The van der Waals surface area contributed by atoms with Crippen LogP contribution in [0.4, 0.5) is 0 Å². The van der Waals surface area contributed by atoms with Crippen LogP contribution < -0.4 is 5.73 Å². The maximum atomic E-state index is 12.4. The summed E-state index contributed by atoms with van der Waals surface area (Å²) in [4.78, 5) is 14.4. The topological polar surface area (TPSA) is 46.3 Å². The van der Waals surface area contributed by atoms with Gasteiger partial charge < -0.3 is 10.6 Å². The zero-order valence-electron chi connectivity index (χ0n) is 12.2. The molecule has 0 spiro atoms. The molecular formula is C15H28N2O. The third-order valence-corrected chi connectivity index (χ3v) is 5.14. The van der Waals surface area contributed by atoms with Crippen LogP contribution in [0.3, 0.4) is 0 Å². The normalized spacial score (nSPS) is 27.1. The number of carbonyl (C=O) groups is 1. The minimum Gasteiger partial charge on any atom is -0.342 e. The molecule has 2 fully saturated rings. The maximum Gasteiger partial charge on any atom is 0.223 e. The highest BCUT2D eigenvalue weighted by molar-refractivity contribution is 5.77. The summed E-state index contributed by atoms with van der Waals surface area (Å²) in [6, 6.07) is 0. The second-order valence-corrected chi connectivity index (χ2v) is 7.43. The molecule has 0 aromatic carbocycles. The lowest BCUT2D eigenvalue weighted by Crippen LogP contribution is -2.43. The molecule has 0 bridgehead atoms. The Balaban J connectivity index is 1.88. The number of likely N-dealkylation sites (tertiary alicyclic amines) is 1. The van der Waals surface area contributed by atoms with Crippen LogP contribution in [0.5, 0.6) is 0 Å². The molecule has 3 heteroatoms. The van der Waals surface area contributed by atoms with Crippen LogP contribution in [-0.4, -0.2) is 30.4 Å². The molecule has 3 nitrogen and oxygen atoms in total. The highest BCUT2D eigenvalue weighted by Gasteiger charge is 2.40. The Morgan fingerprint density at radius 1 is 1.39 bits per heavy atom. The Labute approximate surface area is 111 Å². The first-order chi connectivity index (χ1) is 8.36. The molecule has 2 rings (SSSR count). The van der Waals surface area contributed by atoms with Crippen LogP contribution >= 0.6 is 0 Å². The monoisotopic (exact) mass is 252 g/mol. The quantitative estimate of drug-likeness (QED) is 0.838. The van der Waals surface area contributed by atoms with Crippen molar-refractivity contribution in [2.45, 2.75) is 52.9 Å². The molecule has 1 heterocycles. The largest absolute Gasteiger partial charge is 0.342 e. The lowest BCUT2D eigenvalue weighted by molar-refractivity contribution is -0.134. The van der Waals surface area contributed by atoms with Gasteiger partial charge >= 0.3 is 0 Å². The second-order valence-electron chi connectivity index (χ2n) is 7.43. The van der Waals surface area contributed by atoms with Gasteiger partial charge in [-0.1, -0.05) is 27.2 Å². The number of hydrogen-bond acceptors (Lipinski definition) is 2. The Kier molecular flexibility index (Phi) is 3.72. The summed E-state index contributed by atoms with van der Waals surface area (Å²) in [5.41, 5.74) is 6.31. The first kappa shape index (κ1) is 13.9. The van der Waals surface area contributed by atoms with E-state index in [2.05, 4.69) is 25.7 Å². The fourth-order valence-electron chi connectivity index (χ4n) is 3.26. The van der Waals surface area contributed by atoms with Gasteiger partial charge in [-0.25, -0.2) is 0 Å². The van der Waals surface area contributed by atoms with Crippen molar-refractivity contribution in [3.05, 3.63) is 0 Å². The van der Waals surface area contributed by atoms with Gasteiger partial charge in [-0.05, 0) is 42.6 Å². The lowest BCUT2D eigenvalue weighted by atomic mass is 9.66. The predicted octanol–water partition coefficient (Wildman–Crippen LogP) is 2.40. The molecule has 0 aromatic heterocycles. The van der Waals surface area contributed by atoms with Crippen molar-refractivity contribution in [2.24, 2.45) is 22.5 Å². The number of nitrogens with zero attached hydrogens (tertiary/aromatic N) is 1. The fourth-order valence-corrected chi connectivity index (χ4v) is 3.26. The van der Waals surface area contributed by atoms with E-state index >= 15 is 0 Å². The molecule has 1 unspecified atom stereocenters. The van der Waals surface area contributed by atoms with Crippen molar-refractivity contribution in [3.63, 3.8) is 0 Å². The van der Waals surface area contributed by atoms with E-state index in [4.69, 9.17) is 5.73 Å². The molecule has 2 aliphatic rings. The molecule has 1 amide bonds. The zero-order valence-corrected chi connectivity index (χ0v) is 12.2. The fraction of sp³-hybridized carbons (Fsp3) is 0.933. The molecule has 1 atom stereocenters. The molecule has 0 radical (unpaired) electrons. The van der Waals surface area contributed by atoms with Gasteiger partial charge in [0.25, 0.3) is 0 Å². The van der Waals surface area contributed by atoms with Gasteiger partial charge in [0, 0.05) is 19.5 Å². The highest BCUT2D eigenvalue weighted by atomic mass is 16.2. The molecule has 104 valence electrons. The first-order valence-electron chi connectivity index (χ1n) is 7.34. The van der Waals surface area contributed by atoms with Crippen LogP contribution in [0, 0.1) is 16.7 Å². The Morgan fingerprint density at radius 2 is 2.06 bits per heavy atom. The van der Waals surface area contributed by atoms with Gasteiger partial charge in [0.1, 0.15) is 0 Å². The number of hydrogen-bond donors (Lipinski definition) is 1. The molecule has 1 saturated carbocycles. The molecule has 18 heavy (non-hydrogen) atoms. The molecule has 1 aliphatic heterocycles. The smallest absolute Gasteiger partial charge is 0.223 e. The summed E-state index contributed by atoms with van der Waals surface area (Å²) >= 11 is 0. The SMILES string of the molecule is CC(C)(C)C1CCN(C(=O)CC2(CN)CCC2)C1. The summed E-state index contributed by atoms with van der Waals surface area (Å²) in [6.07, 6.45) is 5.37. The summed E-state index contributed by atoms with van der Waals surface area (Å²) in [6.45, 7) is 9.40. The van der Waals surface area contributed by atoms with E-state index in [9.17, 15) is 4.79 Å². The second kappa shape index (κ2) is 4.84. The van der Waals surface area contributed by atoms with Crippen LogP contribution in [0.15, 0.2) is 0 Å². The van der Waals surface area contributed by atoms with E-state index in [0.717, 1.165) is 32.4 Å². The van der Waals surface area contributed by atoms with E-state index in [1.165, 1.54) is 6.42 Å². The van der Waals surface area contributed by atoms with E-state index in [0.29, 0.717) is 30.2 Å². The average molecular weight is 252 g/mol. The van der Waals surface area contributed by atoms with E-state index in [1.807, 2.05) is 0 Å². The van der Waals surface area contributed by atoms with Crippen molar-refractivity contribution in [1.29, 1.82) is 0 Å². The van der Waals surface area contributed by atoms with Gasteiger partial charge in [-0.2, -0.15) is 0 Å². The first-order valence-corrected chi connectivity index (χ1v) is 7.34.